The lowest BCUT2D eigenvalue weighted by Gasteiger charge is -2.16. The molecule has 0 saturated heterocycles. The Balaban J connectivity index is 1.30. The minimum Gasteiger partial charge on any atom is -0.309 e. The van der Waals surface area contributed by atoms with Crippen LogP contribution in [0.25, 0.3) is 60.9 Å². The van der Waals surface area contributed by atoms with Gasteiger partial charge in [-0.05, 0) is 87.7 Å². The van der Waals surface area contributed by atoms with Gasteiger partial charge in [-0.25, -0.2) is 0 Å². The Morgan fingerprint density at radius 3 is 1.67 bits per heavy atom. The summed E-state index contributed by atoms with van der Waals surface area (Å²) in [4.78, 5) is 0. The average Bonchev–Trinajstić information content (AvgIpc) is 3.44. The molecule has 1 nitrogen and oxygen atoms in total. The molecule has 0 radical (unpaired) electrons. The van der Waals surface area contributed by atoms with Crippen molar-refractivity contribution in [2.24, 2.45) is 0 Å². The van der Waals surface area contributed by atoms with Crippen molar-refractivity contribution in [2.75, 3.05) is 0 Å². The van der Waals surface area contributed by atoms with Gasteiger partial charge in [0.05, 0.1) is 11.0 Å². The number of para-hydroxylation sites is 1. The highest BCUT2D eigenvalue weighted by Crippen LogP contribution is 2.42. The van der Waals surface area contributed by atoms with Gasteiger partial charge in [0.2, 0.25) is 0 Å². The second kappa shape index (κ2) is 11.4. The van der Waals surface area contributed by atoms with Crippen LogP contribution in [0.1, 0.15) is 16.7 Å². The first kappa shape index (κ1) is 26.9. The van der Waals surface area contributed by atoms with Crippen molar-refractivity contribution < 1.29 is 0 Å². The van der Waals surface area contributed by atoms with E-state index in [0.717, 1.165) is 6.42 Å². The van der Waals surface area contributed by atoms with Crippen LogP contribution in [0.5, 0.6) is 0 Å². The average molecular weight is 576 g/mol. The van der Waals surface area contributed by atoms with E-state index in [1.165, 1.54) is 77.6 Å². The fourth-order valence-electron chi connectivity index (χ4n) is 6.79. The summed E-state index contributed by atoms with van der Waals surface area (Å²) in [5, 5.41) is 2.59. The maximum Gasteiger partial charge on any atom is 0.0547 e. The molecule has 0 amide bonds. The molecule has 8 rings (SSSR count). The number of benzene rings is 7. The number of nitrogens with zero attached hydrogens (tertiary/aromatic N) is 1. The van der Waals surface area contributed by atoms with E-state index >= 15 is 0 Å². The first-order valence-electron chi connectivity index (χ1n) is 15.7. The van der Waals surface area contributed by atoms with Gasteiger partial charge in [0.25, 0.3) is 0 Å². The van der Waals surface area contributed by atoms with Gasteiger partial charge in [-0.2, -0.15) is 0 Å². The molecule has 0 fully saturated rings. The fraction of sp³-hybridized carbons (Fsp3) is 0.0455. The van der Waals surface area contributed by atoms with Crippen molar-refractivity contribution >= 4 is 21.8 Å². The van der Waals surface area contributed by atoms with Gasteiger partial charge in [-0.1, -0.05) is 146 Å². The monoisotopic (exact) mass is 575 g/mol. The Morgan fingerprint density at radius 1 is 0.444 bits per heavy atom. The van der Waals surface area contributed by atoms with Crippen molar-refractivity contribution in [3.63, 3.8) is 0 Å². The predicted octanol–water partition coefficient (Wildman–Crippen LogP) is 11.7. The third-order valence-electron chi connectivity index (χ3n) is 9.03. The third kappa shape index (κ3) is 4.93. The lowest BCUT2D eigenvalue weighted by atomic mass is 9.89. The van der Waals surface area contributed by atoms with E-state index in [2.05, 4.69) is 181 Å². The van der Waals surface area contributed by atoms with Gasteiger partial charge in [-0.15, -0.1) is 0 Å². The van der Waals surface area contributed by atoms with Crippen molar-refractivity contribution in [1.82, 2.24) is 4.57 Å². The summed E-state index contributed by atoms with van der Waals surface area (Å²) in [6.07, 6.45) is 0.861. The lowest BCUT2D eigenvalue weighted by molar-refractivity contribution is 1.17. The molecule has 8 aromatic rings. The Hall–Kier alpha value is -5.66. The van der Waals surface area contributed by atoms with E-state index in [1.54, 1.807) is 0 Å². The van der Waals surface area contributed by atoms with Crippen LogP contribution in [0.2, 0.25) is 0 Å². The minimum absolute atomic E-state index is 0.861. The first-order valence-corrected chi connectivity index (χ1v) is 15.7. The second-order valence-corrected chi connectivity index (χ2v) is 11.8. The van der Waals surface area contributed by atoms with E-state index < -0.39 is 0 Å². The topological polar surface area (TPSA) is 4.93 Å². The first-order chi connectivity index (χ1) is 22.2. The molecule has 0 bridgehead atoms. The Labute approximate surface area is 264 Å². The van der Waals surface area contributed by atoms with E-state index in [-0.39, 0.29) is 0 Å². The number of aromatic nitrogens is 1. The summed E-state index contributed by atoms with van der Waals surface area (Å²) in [5.74, 6) is 0. The van der Waals surface area contributed by atoms with Crippen molar-refractivity contribution in [2.45, 2.75) is 13.3 Å². The molecule has 0 aliphatic heterocycles. The molecular weight excluding hydrogens is 542 g/mol. The quantitative estimate of drug-likeness (QED) is 0.186. The van der Waals surface area contributed by atoms with E-state index in [0.29, 0.717) is 0 Å². The van der Waals surface area contributed by atoms with Crippen molar-refractivity contribution in [1.29, 1.82) is 0 Å². The Kier molecular flexibility index (Phi) is 6.85. The molecule has 1 heteroatoms. The van der Waals surface area contributed by atoms with Crippen LogP contribution < -0.4 is 0 Å². The van der Waals surface area contributed by atoms with Gasteiger partial charge in [0, 0.05) is 16.5 Å². The SMILES string of the molecule is Cc1ccccc1-c1c(Cc2ccc(-c3ccccc3)cc2)ccc2c1c1ccccc1n2-c1ccc(-c2ccccc2)cc1. The highest BCUT2D eigenvalue weighted by Gasteiger charge is 2.20. The van der Waals surface area contributed by atoms with Gasteiger partial charge < -0.3 is 4.57 Å². The zero-order valence-corrected chi connectivity index (χ0v) is 25.3. The zero-order chi connectivity index (χ0) is 30.2. The maximum absolute atomic E-state index is 2.43. The van der Waals surface area contributed by atoms with Crippen molar-refractivity contribution in [3.05, 3.63) is 187 Å². The molecule has 1 heterocycles. The molecule has 1 aromatic heterocycles. The van der Waals surface area contributed by atoms with Gasteiger partial charge in [-0.3, -0.25) is 0 Å². The molecule has 0 aliphatic rings. The third-order valence-corrected chi connectivity index (χ3v) is 9.03. The van der Waals surface area contributed by atoms with Crippen LogP contribution >= 0.6 is 0 Å². The summed E-state index contributed by atoms with van der Waals surface area (Å²) >= 11 is 0. The van der Waals surface area contributed by atoms with Crippen LogP contribution in [0.3, 0.4) is 0 Å². The highest BCUT2D eigenvalue weighted by atomic mass is 15.0. The van der Waals surface area contributed by atoms with E-state index in [9.17, 15) is 0 Å². The summed E-state index contributed by atoms with van der Waals surface area (Å²) < 4.78 is 2.43. The van der Waals surface area contributed by atoms with Crippen LogP contribution in [-0.2, 0) is 6.42 Å². The normalized spacial score (nSPS) is 11.3. The molecule has 45 heavy (non-hydrogen) atoms. The van der Waals surface area contributed by atoms with Crippen LogP contribution in [0.15, 0.2) is 170 Å². The summed E-state index contributed by atoms with van der Waals surface area (Å²) in [7, 11) is 0. The number of fused-ring (bicyclic) bond motifs is 3. The maximum atomic E-state index is 2.43. The standard InChI is InChI=1S/C44H33N/c1-31-12-8-9-17-39(31)43-37(30-32-20-22-35(23-21-32)33-13-4-2-5-14-33)26-29-42-44(43)40-18-10-11-19-41(40)45(42)38-27-24-36(25-28-38)34-15-6-3-7-16-34/h2-29H,30H2,1H3. The molecule has 0 N–H and O–H groups in total. The molecule has 0 saturated carbocycles. The molecular formula is C44H33N. The number of rotatable bonds is 6. The molecule has 7 aromatic carbocycles. The second-order valence-electron chi connectivity index (χ2n) is 11.8. The summed E-state index contributed by atoms with van der Waals surface area (Å²) in [6.45, 7) is 2.23. The minimum atomic E-state index is 0.861. The number of hydrogen-bond acceptors (Lipinski definition) is 0. The summed E-state index contributed by atoms with van der Waals surface area (Å²) in [6, 6.07) is 61.6. The van der Waals surface area contributed by atoms with Crippen molar-refractivity contribution in [3.8, 4) is 39.1 Å². The molecule has 0 spiro atoms. The number of aryl methyl sites for hydroxylation is 1. The predicted molar refractivity (Wildman–Crippen MR) is 191 cm³/mol. The van der Waals surface area contributed by atoms with E-state index in [4.69, 9.17) is 0 Å². The van der Waals surface area contributed by atoms with Crippen LogP contribution in [-0.4, -0.2) is 4.57 Å². The Morgan fingerprint density at radius 2 is 1.00 bits per heavy atom. The largest absolute Gasteiger partial charge is 0.309 e. The van der Waals surface area contributed by atoms with Crippen LogP contribution in [0.4, 0.5) is 0 Å². The summed E-state index contributed by atoms with van der Waals surface area (Å²) in [5.41, 5.74) is 15.1. The van der Waals surface area contributed by atoms with Crippen LogP contribution in [0, 0.1) is 6.92 Å². The molecule has 214 valence electrons. The molecule has 0 atom stereocenters. The lowest BCUT2D eigenvalue weighted by Crippen LogP contribution is -1.97. The van der Waals surface area contributed by atoms with Gasteiger partial charge >= 0.3 is 0 Å². The highest BCUT2D eigenvalue weighted by molar-refractivity contribution is 6.16. The molecule has 0 aliphatic carbocycles. The van der Waals surface area contributed by atoms with Gasteiger partial charge in [0.15, 0.2) is 0 Å². The fourth-order valence-corrected chi connectivity index (χ4v) is 6.79. The Bertz CT molecular complexity index is 2260. The number of hydrogen-bond donors (Lipinski definition) is 0. The smallest absolute Gasteiger partial charge is 0.0547 e. The van der Waals surface area contributed by atoms with Gasteiger partial charge in [0.1, 0.15) is 0 Å². The van der Waals surface area contributed by atoms with E-state index in [1.807, 2.05) is 0 Å². The molecule has 0 unspecified atom stereocenters. The zero-order valence-electron chi connectivity index (χ0n) is 25.3.